The average molecular weight is 393 g/mol. The summed E-state index contributed by atoms with van der Waals surface area (Å²) in [4.78, 5) is 20.9. The standard InChI is InChI=1S/C23H28N4O2/c1-4-15(5-2)11-27-22-19-10-16(17-6-8-18(14-29-3)25-12-17)7-9-21(19)26-13-20(22)23(24)28/h6-10,12-13,15H,4-5,11,14H2,1-3H3,(H2,24,28)(H,26,27). The number of carbonyl (C=O) groups excluding carboxylic acids is 1. The van der Waals surface area contributed by atoms with E-state index in [2.05, 4.69) is 29.1 Å². The Hall–Kier alpha value is -2.99. The number of fused-ring (bicyclic) bond motifs is 1. The van der Waals surface area contributed by atoms with Crippen LogP contribution in [-0.4, -0.2) is 29.5 Å². The van der Waals surface area contributed by atoms with E-state index >= 15 is 0 Å². The molecule has 3 rings (SSSR count). The van der Waals surface area contributed by atoms with E-state index in [0.29, 0.717) is 18.1 Å². The third-order valence-electron chi connectivity index (χ3n) is 5.31. The largest absolute Gasteiger partial charge is 0.384 e. The highest BCUT2D eigenvalue weighted by Gasteiger charge is 2.15. The molecule has 0 radical (unpaired) electrons. The first-order valence-corrected chi connectivity index (χ1v) is 9.98. The summed E-state index contributed by atoms with van der Waals surface area (Å²) in [5.74, 6) is 0.0436. The van der Waals surface area contributed by atoms with Crippen molar-refractivity contribution in [3.63, 3.8) is 0 Å². The molecule has 0 unspecified atom stereocenters. The van der Waals surface area contributed by atoms with Crippen LogP contribution >= 0.6 is 0 Å². The lowest BCUT2D eigenvalue weighted by Crippen LogP contribution is -2.18. The van der Waals surface area contributed by atoms with Gasteiger partial charge in [-0.3, -0.25) is 14.8 Å². The summed E-state index contributed by atoms with van der Waals surface area (Å²) in [6.07, 6.45) is 5.53. The Bertz CT molecular complexity index is 982. The van der Waals surface area contributed by atoms with Gasteiger partial charge in [0.1, 0.15) is 0 Å². The Balaban J connectivity index is 2.04. The number of ether oxygens (including phenoxy) is 1. The third kappa shape index (κ3) is 4.71. The fourth-order valence-corrected chi connectivity index (χ4v) is 3.40. The number of hydrogen-bond acceptors (Lipinski definition) is 5. The van der Waals surface area contributed by atoms with Crippen LogP contribution in [0.5, 0.6) is 0 Å². The Labute approximate surface area is 171 Å². The molecule has 0 atom stereocenters. The molecule has 0 saturated carbocycles. The zero-order valence-electron chi connectivity index (χ0n) is 17.2. The van der Waals surface area contributed by atoms with Gasteiger partial charge in [0, 0.05) is 37.0 Å². The van der Waals surface area contributed by atoms with Crippen LogP contribution in [0.15, 0.2) is 42.7 Å². The summed E-state index contributed by atoms with van der Waals surface area (Å²) < 4.78 is 5.12. The molecule has 1 amide bonds. The van der Waals surface area contributed by atoms with E-state index in [1.807, 2.05) is 36.5 Å². The summed E-state index contributed by atoms with van der Waals surface area (Å²) in [7, 11) is 1.65. The van der Waals surface area contributed by atoms with Crippen molar-refractivity contribution in [2.45, 2.75) is 33.3 Å². The number of anilines is 1. The van der Waals surface area contributed by atoms with Crippen LogP contribution in [0.2, 0.25) is 0 Å². The van der Waals surface area contributed by atoms with E-state index in [1.165, 1.54) is 0 Å². The fourth-order valence-electron chi connectivity index (χ4n) is 3.40. The molecule has 0 fully saturated rings. The van der Waals surface area contributed by atoms with Gasteiger partial charge in [0.2, 0.25) is 0 Å². The SMILES string of the molecule is CCC(CC)CNc1c(C(N)=O)cnc2ccc(-c3ccc(COC)nc3)cc12. The van der Waals surface area contributed by atoms with Gasteiger partial charge in [0.05, 0.1) is 29.1 Å². The quantitative estimate of drug-likeness (QED) is 0.564. The molecule has 3 N–H and O–H groups in total. The van der Waals surface area contributed by atoms with Gasteiger partial charge in [0.15, 0.2) is 0 Å². The normalized spacial score (nSPS) is 11.2. The first-order chi connectivity index (χ1) is 14.1. The first kappa shape index (κ1) is 20.7. The molecule has 0 bridgehead atoms. The molecule has 3 aromatic rings. The number of nitrogens with two attached hydrogens (primary N) is 1. The van der Waals surface area contributed by atoms with Crippen molar-refractivity contribution in [2.24, 2.45) is 11.7 Å². The maximum atomic E-state index is 12.0. The molecule has 2 heterocycles. The fraction of sp³-hybridized carbons (Fsp3) is 0.348. The van der Waals surface area contributed by atoms with Crippen LogP contribution in [0.4, 0.5) is 5.69 Å². The van der Waals surface area contributed by atoms with Gasteiger partial charge in [-0.05, 0) is 29.7 Å². The molecular formula is C23H28N4O2. The second kappa shape index (κ2) is 9.47. The Morgan fingerprint density at radius 2 is 1.86 bits per heavy atom. The maximum absolute atomic E-state index is 12.0. The lowest BCUT2D eigenvalue weighted by atomic mass is 10.0. The van der Waals surface area contributed by atoms with Gasteiger partial charge < -0.3 is 15.8 Å². The molecule has 6 heteroatoms. The molecule has 2 aromatic heterocycles. The number of aromatic nitrogens is 2. The van der Waals surface area contributed by atoms with Crippen molar-refractivity contribution in [3.8, 4) is 11.1 Å². The van der Waals surface area contributed by atoms with Crippen LogP contribution in [0.25, 0.3) is 22.0 Å². The summed E-state index contributed by atoms with van der Waals surface area (Å²) in [6, 6.07) is 9.98. The van der Waals surface area contributed by atoms with Crippen LogP contribution in [0.1, 0.15) is 42.7 Å². The summed E-state index contributed by atoms with van der Waals surface area (Å²) in [5, 5.41) is 4.35. The molecule has 0 spiro atoms. The molecule has 152 valence electrons. The highest BCUT2D eigenvalue weighted by Crippen LogP contribution is 2.31. The van der Waals surface area contributed by atoms with E-state index in [-0.39, 0.29) is 0 Å². The van der Waals surface area contributed by atoms with Crippen molar-refractivity contribution in [2.75, 3.05) is 19.0 Å². The maximum Gasteiger partial charge on any atom is 0.252 e. The molecule has 1 aromatic carbocycles. The van der Waals surface area contributed by atoms with Crippen molar-refractivity contribution in [1.82, 2.24) is 9.97 Å². The zero-order chi connectivity index (χ0) is 20.8. The van der Waals surface area contributed by atoms with Crippen LogP contribution in [0, 0.1) is 5.92 Å². The number of primary amides is 1. The minimum atomic E-state index is -0.484. The number of nitrogens with zero attached hydrogens (tertiary/aromatic N) is 2. The lowest BCUT2D eigenvalue weighted by Gasteiger charge is -2.18. The van der Waals surface area contributed by atoms with Crippen LogP contribution in [0.3, 0.4) is 0 Å². The number of hydrogen-bond donors (Lipinski definition) is 2. The predicted octanol–water partition coefficient (Wildman–Crippen LogP) is 4.39. The lowest BCUT2D eigenvalue weighted by molar-refractivity contribution is 0.100. The van der Waals surface area contributed by atoms with Gasteiger partial charge in [-0.25, -0.2) is 0 Å². The molecule has 0 aliphatic heterocycles. The van der Waals surface area contributed by atoms with Gasteiger partial charge in [0.25, 0.3) is 5.91 Å². The number of nitrogens with one attached hydrogen (secondary N) is 1. The van der Waals surface area contributed by atoms with E-state index in [0.717, 1.165) is 52.8 Å². The number of rotatable bonds is 9. The third-order valence-corrected chi connectivity index (χ3v) is 5.31. The average Bonchev–Trinajstić information content (AvgIpc) is 2.74. The molecular weight excluding hydrogens is 364 g/mol. The zero-order valence-corrected chi connectivity index (χ0v) is 17.2. The Morgan fingerprint density at radius 1 is 1.10 bits per heavy atom. The first-order valence-electron chi connectivity index (χ1n) is 9.98. The Kier molecular flexibility index (Phi) is 6.77. The number of carbonyl (C=O) groups is 1. The molecule has 0 saturated heterocycles. The van der Waals surface area contributed by atoms with Gasteiger partial charge >= 0.3 is 0 Å². The highest BCUT2D eigenvalue weighted by atomic mass is 16.5. The monoisotopic (exact) mass is 392 g/mol. The number of benzene rings is 1. The van der Waals surface area contributed by atoms with Gasteiger partial charge in [-0.1, -0.05) is 38.8 Å². The van der Waals surface area contributed by atoms with Crippen LogP contribution in [-0.2, 0) is 11.3 Å². The second-order valence-electron chi connectivity index (χ2n) is 7.18. The summed E-state index contributed by atoms with van der Waals surface area (Å²) >= 11 is 0. The van der Waals surface area contributed by atoms with E-state index in [9.17, 15) is 4.79 Å². The van der Waals surface area contributed by atoms with E-state index in [4.69, 9.17) is 10.5 Å². The molecule has 0 aliphatic rings. The van der Waals surface area contributed by atoms with E-state index < -0.39 is 5.91 Å². The Morgan fingerprint density at radius 3 is 2.48 bits per heavy atom. The van der Waals surface area contributed by atoms with Crippen molar-refractivity contribution < 1.29 is 9.53 Å². The minimum absolute atomic E-state index is 0.411. The highest BCUT2D eigenvalue weighted by molar-refractivity contribution is 6.07. The molecule has 29 heavy (non-hydrogen) atoms. The second-order valence-corrected chi connectivity index (χ2v) is 7.18. The molecule has 0 aliphatic carbocycles. The van der Waals surface area contributed by atoms with Crippen molar-refractivity contribution in [1.29, 1.82) is 0 Å². The summed E-state index contributed by atoms with van der Waals surface area (Å²) in [5.41, 5.74) is 10.5. The van der Waals surface area contributed by atoms with Crippen molar-refractivity contribution >= 4 is 22.5 Å². The summed E-state index contributed by atoms with van der Waals surface area (Å²) in [6.45, 7) is 5.61. The number of amides is 1. The van der Waals surface area contributed by atoms with Crippen LogP contribution < -0.4 is 11.1 Å². The number of methoxy groups -OCH3 is 1. The minimum Gasteiger partial charge on any atom is -0.384 e. The topological polar surface area (TPSA) is 90.1 Å². The van der Waals surface area contributed by atoms with Gasteiger partial charge in [-0.15, -0.1) is 0 Å². The molecule has 6 nitrogen and oxygen atoms in total. The number of pyridine rings is 2. The predicted molar refractivity (Wildman–Crippen MR) is 117 cm³/mol. The smallest absolute Gasteiger partial charge is 0.252 e. The van der Waals surface area contributed by atoms with E-state index in [1.54, 1.807) is 13.3 Å². The van der Waals surface area contributed by atoms with Crippen molar-refractivity contribution in [3.05, 3.63) is 54.0 Å². The van der Waals surface area contributed by atoms with Gasteiger partial charge in [-0.2, -0.15) is 0 Å².